The van der Waals surface area contributed by atoms with E-state index in [0.29, 0.717) is 18.8 Å². The van der Waals surface area contributed by atoms with Crippen LogP contribution in [0, 0.1) is 5.82 Å². The van der Waals surface area contributed by atoms with Crippen LogP contribution in [0.3, 0.4) is 0 Å². The lowest BCUT2D eigenvalue weighted by Gasteiger charge is -2.31. The van der Waals surface area contributed by atoms with Crippen LogP contribution in [0.5, 0.6) is 5.75 Å². The first kappa shape index (κ1) is 16.9. The lowest BCUT2D eigenvalue weighted by molar-refractivity contribution is -0.155. The van der Waals surface area contributed by atoms with Gasteiger partial charge < -0.3 is 14.7 Å². The number of halogens is 1. The Morgan fingerprint density at radius 3 is 2.38 bits per heavy atom. The van der Waals surface area contributed by atoms with Crippen molar-refractivity contribution >= 4 is 11.9 Å². The molecule has 0 aliphatic rings. The summed E-state index contributed by atoms with van der Waals surface area (Å²) < 4.78 is 18.1. The maximum Gasteiger partial charge on any atom is 0.329 e. The Morgan fingerprint density at radius 1 is 1.29 bits per heavy atom. The van der Waals surface area contributed by atoms with E-state index in [9.17, 15) is 14.0 Å². The van der Waals surface area contributed by atoms with E-state index in [1.165, 1.54) is 50.1 Å². The summed E-state index contributed by atoms with van der Waals surface area (Å²) in [6.45, 7) is 3.25. The van der Waals surface area contributed by atoms with E-state index < -0.39 is 11.5 Å². The molecule has 116 valence electrons. The Balaban J connectivity index is 2.37. The van der Waals surface area contributed by atoms with Gasteiger partial charge in [0.25, 0.3) is 0 Å². The number of carbonyl (C=O) groups is 2. The quantitative estimate of drug-likeness (QED) is 0.784. The lowest BCUT2D eigenvalue weighted by Crippen LogP contribution is -2.50. The van der Waals surface area contributed by atoms with Crippen LogP contribution >= 0.6 is 0 Å². The summed E-state index contributed by atoms with van der Waals surface area (Å²) in [7, 11) is 1.47. The molecule has 0 aromatic heterocycles. The maximum absolute atomic E-state index is 12.7. The van der Waals surface area contributed by atoms with E-state index in [0.717, 1.165) is 0 Å². The van der Waals surface area contributed by atoms with Gasteiger partial charge in [0.1, 0.15) is 17.1 Å². The molecule has 0 bridgehead atoms. The van der Waals surface area contributed by atoms with Gasteiger partial charge in [0.05, 0.1) is 6.61 Å². The molecule has 1 N–H and O–H groups in total. The van der Waals surface area contributed by atoms with Crippen molar-refractivity contribution in [2.75, 3.05) is 13.7 Å². The zero-order chi connectivity index (χ0) is 16.0. The molecule has 0 unspecified atom stereocenters. The van der Waals surface area contributed by atoms with E-state index in [2.05, 4.69) is 0 Å². The Kier molecular flexibility index (Phi) is 5.69. The normalized spacial score (nSPS) is 11.0. The molecule has 0 fully saturated rings. The lowest BCUT2D eigenvalue weighted by atomic mass is 10.0. The number of rotatable bonds is 7. The zero-order valence-electron chi connectivity index (χ0n) is 12.4. The number of hydrogen-bond donors (Lipinski definition) is 1. The minimum Gasteiger partial charge on any atom is -0.494 e. The van der Waals surface area contributed by atoms with Gasteiger partial charge >= 0.3 is 5.97 Å². The molecule has 0 atom stereocenters. The van der Waals surface area contributed by atoms with Crippen LogP contribution in [-0.4, -0.2) is 41.1 Å². The Hall–Kier alpha value is -2.11. The van der Waals surface area contributed by atoms with Crippen molar-refractivity contribution in [3.63, 3.8) is 0 Å². The molecule has 0 heterocycles. The van der Waals surface area contributed by atoms with E-state index in [-0.39, 0.29) is 18.1 Å². The Labute approximate surface area is 123 Å². The van der Waals surface area contributed by atoms with Crippen molar-refractivity contribution in [2.24, 2.45) is 0 Å². The van der Waals surface area contributed by atoms with Crippen molar-refractivity contribution < 1.29 is 23.8 Å². The maximum atomic E-state index is 12.7. The number of ether oxygens (including phenoxy) is 1. The Morgan fingerprint density at radius 2 is 1.86 bits per heavy atom. The predicted octanol–water partition coefficient (Wildman–Crippen LogP) is 2.31. The van der Waals surface area contributed by atoms with Gasteiger partial charge in [-0.25, -0.2) is 9.18 Å². The molecule has 5 nitrogen and oxygen atoms in total. The van der Waals surface area contributed by atoms with Gasteiger partial charge in [-0.15, -0.1) is 0 Å². The first-order chi connectivity index (χ1) is 9.75. The van der Waals surface area contributed by atoms with Crippen LogP contribution in [0.4, 0.5) is 4.39 Å². The average molecular weight is 297 g/mol. The summed E-state index contributed by atoms with van der Waals surface area (Å²) in [6, 6.07) is 5.61. The van der Waals surface area contributed by atoms with Gasteiger partial charge in [-0.3, -0.25) is 4.79 Å². The molecule has 0 aliphatic carbocycles. The predicted molar refractivity (Wildman–Crippen MR) is 75.6 cm³/mol. The second-order valence-corrected chi connectivity index (χ2v) is 5.22. The number of aliphatic carboxylic acids is 1. The first-order valence-electron chi connectivity index (χ1n) is 6.63. The highest BCUT2D eigenvalue weighted by atomic mass is 19.1. The van der Waals surface area contributed by atoms with E-state index in [4.69, 9.17) is 9.84 Å². The third-order valence-electron chi connectivity index (χ3n) is 3.35. The highest BCUT2D eigenvalue weighted by Gasteiger charge is 2.34. The van der Waals surface area contributed by atoms with Crippen LogP contribution in [-0.2, 0) is 9.59 Å². The van der Waals surface area contributed by atoms with Gasteiger partial charge in [0, 0.05) is 13.5 Å². The van der Waals surface area contributed by atoms with E-state index in [1.807, 2.05) is 0 Å². The molecule has 1 amide bonds. The monoisotopic (exact) mass is 297 g/mol. The van der Waals surface area contributed by atoms with Gasteiger partial charge in [-0.1, -0.05) is 0 Å². The summed E-state index contributed by atoms with van der Waals surface area (Å²) in [6.07, 6.45) is 0.644. The summed E-state index contributed by atoms with van der Waals surface area (Å²) in [5.74, 6) is -1.12. The highest BCUT2D eigenvalue weighted by Crippen LogP contribution is 2.15. The number of hydrogen-bond acceptors (Lipinski definition) is 3. The number of carbonyl (C=O) groups excluding carboxylic acids is 1. The number of nitrogens with zero attached hydrogens (tertiary/aromatic N) is 1. The molecule has 0 saturated heterocycles. The number of amides is 1. The second-order valence-electron chi connectivity index (χ2n) is 5.22. The van der Waals surface area contributed by atoms with Crippen LogP contribution in [0.25, 0.3) is 0 Å². The third-order valence-corrected chi connectivity index (χ3v) is 3.35. The fraction of sp³-hybridized carbons (Fsp3) is 0.467. The largest absolute Gasteiger partial charge is 0.494 e. The average Bonchev–Trinajstić information content (AvgIpc) is 2.44. The number of carboxylic acid groups (broad SMARTS) is 1. The van der Waals surface area contributed by atoms with E-state index >= 15 is 0 Å². The number of likely N-dealkylation sites (N-methyl/N-ethyl adjacent to an activating group) is 1. The molecule has 0 spiro atoms. The highest BCUT2D eigenvalue weighted by molar-refractivity contribution is 5.86. The van der Waals surface area contributed by atoms with Gasteiger partial charge in [-0.05, 0) is 44.5 Å². The molecule has 1 rings (SSSR count). The molecular formula is C15H20FNO4. The van der Waals surface area contributed by atoms with Crippen molar-refractivity contribution in [1.29, 1.82) is 0 Å². The van der Waals surface area contributed by atoms with Crippen LogP contribution < -0.4 is 4.74 Å². The van der Waals surface area contributed by atoms with Gasteiger partial charge in [0.15, 0.2) is 0 Å². The van der Waals surface area contributed by atoms with Gasteiger partial charge in [-0.2, -0.15) is 0 Å². The summed E-state index contributed by atoms with van der Waals surface area (Å²) in [4.78, 5) is 24.2. The van der Waals surface area contributed by atoms with Crippen LogP contribution in [0.1, 0.15) is 26.7 Å². The van der Waals surface area contributed by atoms with Crippen molar-refractivity contribution in [1.82, 2.24) is 4.90 Å². The topological polar surface area (TPSA) is 66.8 Å². The van der Waals surface area contributed by atoms with Crippen LogP contribution in [0.2, 0.25) is 0 Å². The number of carboxylic acids is 1. The minimum absolute atomic E-state index is 0.189. The standard InChI is InChI=1S/C15H20FNO4/c1-15(2,14(19)20)17(3)13(18)5-4-10-21-12-8-6-11(16)7-9-12/h6-9H,4-5,10H2,1-3H3,(H,19,20). The molecule has 21 heavy (non-hydrogen) atoms. The second kappa shape index (κ2) is 7.06. The Bertz CT molecular complexity index is 499. The molecule has 0 aliphatic heterocycles. The third kappa shape index (κ3) is 4.73. The smallest absolute Gasteiger partial charge is 0.329 e. The fourth-order valence-corrected chi connectivity index (χ4v) is 1.57. The summed E-state index contributed by atoms with van der Waals surface area (Å²) in [5, 5.41) is 9.05. The van der Waals surface area contributed by atoms with Gasteiger partial charge in [0.2, 0.25) is 5.91 Å². The fourth-order valence-electron chi connectivity index (χ4n) is 1.57. The first-order valence-corrected chi connectivity index (χ1v) is 6.63. The molecule has 0 saturated carbocycles. The van der Waals surface area contributed by atoms with Crippen molar-refractivity contribution in [3.05, 3.63) is 30.1 Å². The zero-order valence-corrected chi connectivity index (χ0v) is 12.4. The summed E-state index contributed by atoms with van der Waals surface area (Å²) >= 11 is 0. The van der Waals surface area contributed by atoms with Crippen LogP contribution in [0.15, 0.2) is 24.3 Å². The minimum atomic E-state index is -1.24. The molecule has 0 radical (unpaired) electrons. The molecular weight excluding hydrogens is 277 g/mol. The molecule has 1 aromatic rings. The summed E-state index contributed by atoms with van der Waals surface area (Å²) in [5.41, 5.74) is -1.24. The molecule has 1 aromatic carbocycles. The molecule has 6 heteroatoms. The van der Waals surface area contributed by atoms with Crippen molar-refractivity contribution in [3.8, 4) is 5.75 Å². The van der Waals surface area contributed by atoms with E-state index in [1.54, 1.807) is 0 Å². The van der Waals surface area contributed by atoms with Crippen molar-refractivity contribution in [2.45, 2.75) is 32.2 Å². The number of benzene rings is 1. The SMILES string of the molecule is CN(C(=O)CCCOc1ccc(F)cc1)C(C)(C)C(=O)O.